The summed E-state index contributed by atoms with van der Waals surface area (Å²) in [6.07, 6.45) is -5.79. The first kappa shape index (κ1) is 33.1. The van der Waals surface area contributed by atoms with Gasteiger partial charge in [0.25, 0.3) is 5.91 Å². The van der Waals surface area contributed by atoms with Crippen LogP contribution in [0.15, 0.2) is 18.2 Å². The van der Waals surface area contributed by atoms with Gasteiger partial charge in [0.05, 0.1) is 34.6 Å². The second-order valence-electron chi connectivity index (χ2n) is 11.3. The Morgan fingerprint density at radius 1 is 0.977 bits per heavy atom. The number of alkyl halides is 3. The van der Waals surface area contributed by atoms with Gasteiger partial charge in [-0.05, 0) is 30.0 Å². The number of hydrogen-bond acceptors (Lipinski definition) is 10. The Hall–Kier alpha value is -4.43. The Morgan fingerprint density at radius 2 is 1.51 bits per heavy atom. The fourth-order valence-electron chi connectivity index (χ4n) is 4.78. The van der Waals surface area contributed by atoms with Gasteiger partial charge in [-0.15, -0.1) is 0 Å². The van der Waals surface area contributed by atoms with Crippen LogP contribution in [0.5, 0.6) is 0 Å². The van der Waals surface area contributed by atoms with Crippen LogP contribution in [0.4, 0.5) is 18.9 Å². The fraction of sp³-hybridized carbons (Fsp3) is 0.500. The third kappa shape index (κ3) is 8.55. The number of anilines is 1. The number of nitrogens with two attached hydrogens (primary N) is 1. The highest BCUT2D eigenvalue weighted by Gasteiger charge is 2.41. The summed E-state index contributed by atoms with van der Waals surface area (Å²) in [5.41, 5.74) is 3.18. The topological polar surface area (TPSA) is 169 Å². The predicted molar refractivity (Wildman–Crippen MR) is 145 cm³/mol. The van der Waals surface area contributed by atoms with Crippen LogP contribution in [0.1, 0.15) is 73.1 Å². The van der Waals surface area contributed by atoms with E-state index in [1.165, 1.54) is 22.9 Å². The number of nitrogens with one attached hydrogen (secondary N) is 1. The van der Waals surface area contributed by atoms with Gasteiger partial charge in [0.2, 0.25) is 0 Å². The van der Waals surface area contributed by atoms with Gasteiger partial charge >= 0.3 is 24.1 Å². The van der Waals surface area contributed by atoms with E-state index >= 15 is 0 Å². The minimum Gasteiger partial charge on any atom is -0.463 e. The van der Waals surface area contributed by atoms with Gasteiger partial charge in [-0.3, -0.25) is 24.0 Å². The molecule has 0 unspecified atom stereocenters. The maximum absolute atomic E-state index is 13.5. The highest BCUT2D eigenvalue weighted by Crippen LogP contribution is 2.39. The van der Waals surface area contributed by atoms with Crippen molar-refractivity contribution in [2.75, 3.05) is 25.1 Å². The number of ether oxygens (including phenoxy) is 3. The second kappa shape index (κ2) is 12.4. The van der Waals surface area contributed by atoms with E-state index in [0.29, 0.717) is 0 Å². The van der Waals surface area contributed by atoms with Crippen molar-refractivity contribution in [2.24, 2.45) is 11.1 Å². The number of rotatable bonds is 11. The molecular weight excluding hydrogens is 577 g/mol. The van der Waals surface area contributed by atoms with Gasteiger partial charge in [0, 0.05) is 32.9 Å². The van der Waals surface area contributed by atoms with Gasteiger partial charge < -0.3 is 25.3 Å². The largest absolute Gasteiger partial charge is 0.463 e. The van der Waals surface area contributed by atoms with E-state index in [0.717, 1.165) is 20.8 Å². The highest BCUT2D eigenvalue weighted by molar-refractivity contribution is 6.00. The molecule has 0 fully saturated rings. The lowest BCUT2D eigenvalue weighted by molar-refractivity contribution is -0.151. The minimum atomic E-state index is -4.63. The zero-order chi connectivity index (χ0) is 32.3. The Kier molecular flexibility index (Phi) is 9.56. The molecule has 0 atom stereocenters. The van der Waals surface area contributed by atoms with Crippen LogP contribution in [0.25, 0.3) is 5.69 Å². The van der Waals surface area contributed by atoms with Crippen LogP contribution in [0, 0.1) is 5.41 Å². The second-order valence-corrected chi connectivity index (χ2v) is 11.3. The van der Waals surface area contributed by atoms with Crippen molar-refractivity contribution in [3.63, 3.8) is 0 Å². The molecule has 0 spiro atoms. The number of carbonyl (C=O) groups excluding carboxylic acids is 5. The van der Waals surface area contributed by atoms with E-state index in [9.17, 15) is 37.1 Å². The van der Waals surface area contributed by atoms with Crippen LogP contribution in [0.2, 0.25) is 0 Å². The lowest BCUT2D eigenvalue weighted by atomic mass is 9.75. The molecular formula is C28H33F3N4O8. The molecule has 0 radical (unpaired) electrons. The number of amides is 1. The van der Waals surface area contributed by atoms with E-state index in [4.69, 9.17) is 19.9 Å². The first-order valence-corrected chi connectivity index (χ1v) is 13.1. The molecule has 15 heteroatoms. The fourth-order valence-corrected chi connectivity index (χ4v) is 4.78. The van der Waals surface area contributed by atoms with Crippen molar-refractivity contribution in [3.8, 4) is 5.69 Å². The predicted octanol–water partition coefficient (Wildman–Crippen LogP) is 3.07. The molecule has 0 saturated carbocycles. The zero-order valence-electron chi connectivity index (χ0n) is 24.3. The minimum absolute atomic E-state index is 0.0283. The Labute approximate surface area is 245 Å². The van der Waals surface area contributed by atoms with E-state index in [1.54, 1.807) is 0 Å². The Morgan fingerprint density at radius 3 is 1.98 bits per heavy atom. The van der Waals surface area contributed by atoms with Gasteiger partial charge in [-0.1, -0.05) is 13.8 Å². The molecule has 3 rings (SSSR count). The molecule has 3 N–H and O–H groups in total. The summed E-state index contributed by atoms with van der Waals surface area (Å²) in [6.45, 7) is 5.50. The molecule has 1 aliphatic rings. The summed E-state index contributed by atoms with van der Waals surface area (Å²) in [5.74, 6) is -3.52. The van der Waals surface area contributed by atoms with E-state index in [-0.39, 0.29) is 41.0 Å². The molecule has 1 aliphatic carbocycles. The SMILES string of the molecule is CC(=O)OCC(COC(C)=O)(COC(C)=O)Nc1cc(-n2nc(CC(F)(F)F)c3c2CC(C)(C)CC3=O)ccc1C(N)=O. The number of fused-ring (bicyclic) bond motifs is 1. The normalized spacial score (nSPS) is 14.5. The molecule has 1 aromatic carbocycles. The summed E-state index contributed by atoms with van der Waals surface area (Å²) in [5, 5.41) is 7.13. The monoisotopic (exact) mass is 610 g/mol. The number of nitrogens with zero attached hydrogens (tertiary/aromatic N) is 2. The number of esters is 3. The van der Waals surface area contributed by atoms with Gasteiger partial charge in [0.1, 0.15) is 25.4 Å². The summed E-state index contributed by atoms with van der Waals surface area (Å²) >= 11 is 0. The van der Waals surface area contributed by atoms with Crippen LogP contribution in [-0.4, -0.2) is 70.9 Å². The van der Waals surface area contributed by atoms with Crippen LogP contribution >= 0.6 is 0 Å². The number of primary amides is 1. The maximum atomic E-state index is 13.5. The van der Waals surface area contributed by atoms with Crippen LogP contribution < -0.4 is 11.1 Å². The van der Waals surface area contributed by atoms with E-state index < -0.39 is 78.7 Å². The average molecular weight is 611 g/mol. The highest BCUT2D eigenvalue weighted by atomic mass is 19.4. The third-order valence-corrected chi connectivity index (χ3v) is 6.55. The van der Waals surface area contributed by atoms with E-state index in [1.807, 2.05) is 13.8 Å². The van der Waals surface area contributed by atoms with Gasteiger partial charge in [-0.2, -0.15) is 18.3 Å². The quantitative estimate of drug-likeness (QED) is 0.285. The van der Waals surface area contributed by atoms with Crippen molar-refractivity contribution >= 4 is 35.3 Å². The summed E-state index contributed by atoms with van der Waals surface area (Å²) in [4.78, 5) is 60.5. The van der Waals surface area contributed by atoms with Crippen molar-refractivity contribution in [1.82, 2.24) is 9.78 Å². The molecule has 2 aromatic rings. The zero-order valence-corrected chi connectivity index (χ0v) is 24.3. The van der Waals surface area contributed by atoms with Gasteiger partial charge in [-0.25, -0.2) is 4.68 Å². The number of halogens is 3. The third-order valence-electron chi connectivity index (χ3n) is 6.55. The molecule has 12 nitrogen and oxygen atoms in total. The van der Waals surface area contributed by atoms with Gasteiger partial charge in [0.15, 0.2) is 5.78 Å². The maximum Gasteiger partial charge on any atom is 0.394 e. The van der Waals surface area contributed by atoms with Crippen LogP contribution in [-0.2, 0) is 41.4 Å². The number of Topliss-reactive ketones (excluding diaryl/α,β-unsaturated/α-hetero) is 1. The molecule has 0 saturated heterocycles. The molecule has 1 aromatic heterocycles. The van der Waals surface area contributed by atoms with Crippen molar-refractivity contribution < 1.29 is 51.4 Å². The Balaban J connectivity index is 2.21. The number of hydrogen-bond donors (Lipinski definition) is 2. The molecule has 0 bridgehead atoms. The summed E-state index contributed by atoms with van der Waals surface area (Å²) in [6, 6.07) is 4.04. The number of benzene rings is 1. The number of carbonyl (C=O) groups is 5. The summed E-state index contributed by atoms with van der Waals surface area (Å²) < 4.78 is 57.0. The molecule has 1 heterocycles. The lowest BCUT2D eigenvalue weighted by Crippen LogP contribution is -2.52. The molecule has 0 aliphatic heterocycles. The lowest BCUT2D eigenvalue weighted by Gasteiger charge is -2.34. The number of aromatic nitrogens is 2. The molecule has 234 valence electrons. The Bertz CT molecular complexity index is 1400. The van der Waals surface area contributed by atoms with Crippen molar-refractivity contribution in [1.29, 1.82) is 0 Å². The molecule has 1 amide bonds. The standard InChI is InChI=1S/C28H33F3N4O8/c1-15(36)41-12-27(13-42-16(2)37,14-43-17(3)38)33-20-8-18(6-7-19(20)25(32)40)35-22-10-26(4,5)11-23(39)24(22)21(34-35)9-28(29,30)31/h6-8,33H,9-14H2,1-5H3,(H2,32,40). The first-order valence-electron chi connectivity index (χ1n) is 13.1. The average Bonchev–Trinajstić information content (AvgIpc) is 3.19. The van der Waals surface area contributed by atoms with Crippen molar-refractivity contribution in [3.05, 3.63) is 40.7 Å². The van der Waals surface area contributed by atoms with Crippen LogP contribution in [0.3, 0.4) is 0 Å². The number of ketones is 1. The van der Waals surface area contributed by atoms with Crippen molar-refractivity contribution in [2.45, 2.75) is 65.6 Å². The smallest absolute Gasteiger partial charge is 0.394 e. The summed E-state index contributed by atoms with van der Waals surface area (Å²) in [7, 11) is 0. The van der Waals surface area contributed by atoms with E-state index in [2.05, 4.69) is 10.4 Å². The first-order chi connectivity index (χ1) is 19.8. The molecule has 43 heavy (non-hydrogen) atoms.